The molecule has 0 radical (unpaired) electrons. The van der Waals surface area contributed by atoms with E-state index in [0.717, 1.165) is 0 Å². The van der Waals surface area contributed by atoms with Gasteiger partial charge >= 0.3 is 234 Å². The number of benzene rings is 4. The van der Waals surface area contributed by atoms with Gasteiger partial charge in [-0.1, -0.05) is 0 Å². The Balaban J connectivity index is 1.44. The minimum atomic E-state index is -2.12. The summed E-state index contributed by atoms with van der Waals surface area (Å²) in [5.41, 5.74) is 12.7. The van der Waals surface area contributed by atoms with Gasteiger partial charge in [0.15, 0.2) is 0 Å². The Kier molecular flexibility index (Phi) is 7.77. The zero-order chi connectivity index (χ0) is 25.2. The number of hydrogen-bond donors (Lipinski definition) is 0. The summed E-state index contributed by atoms with van der Waals surface area (Å²) >= 11 is -2.12. The SMILES string of the molecule is CCCCCCCC[SiH](C)[Zr]([CH]1c2ccccc2-c2ccccc21)[CH]1c2ccccc2-c2ccccc21. The van der Waals surface area contributed by atoms with Gasteiger partial charge in [-0.05, 0) is 0 Å². The third-order valence-corrected chi connectivity index (χ3v) is 32.1. The number of fused-ring (bicyclic) bond motifs is 6. The van der Waals surface area contributed by atoms with E-state index in [1.165, 1.54) is 66.8 Å². The van der Waals surface area contributed by atoms with Gasteiger partial charge in [0.1, 0.15) is 0 Å². The second-order valence-electron chi connectivity index (χ2n) is 11.2. The van der Waals surface area contributed by atoms with Gasteiger partial charge in [-0.25, -0.2) is 0 Å². The summed E-state index contributed by atoms with van der Waals surface area (Å²) < 4.78 is 1.36. The van der Waals surface area contributed by atoms with E-state index in [-0.39, 0.29) is 0 Å². The molecule has 0 N–H and O–H groups in total. The van der Waals surface area contributed by atoms with Gasteiger partial charge in [-0.15, -0.1) is 0 Å². The first-order valence-corrected chi connectivity index (χ1v) is 24.2. The molecule has 1 atom stereocenters. The topological polar surface area (TPSA) is 0 Å². The van der Waals surface area contributed by atoms with Crippen LogP contribution in [0.1, 0.15) is 75.0 Å². The molecule has 0 saturated heterocycles. The molecule has 0 fully saturated rings. The minimum absolute atomic E-state index is 0.681. The molecule has 2 heteroatoms. The first kappa shape index (κ1) is 25.3. The van der Waals surface area contributed by atoms with Crippen LogP contribution in [-0.2, 0) is 20.9 Å². The number of unbranched alkanes of at least 4 members (excludes halogenated alkanes) is 5. The zero-order valence-corrected chi connectivity index (χ0v) is 26.0. The Bertz CT molecular complexity index is 1190. The van der Waals surface area contributed by atoms with Gasteiger partial charge in [-0.3, -0.25) is 0 Å². The van der Waals surface area contributed by atoms with E-state index in [1.54, 1.807) is 22.3 Å². The van der Waals surface area contributed by atoms with Crippen molar-refractivity contribution in [2.45, 2.75) is 65.3 Å². The van der Waals surface area contributed by atoms with Crippen molar-refractivity contribution in [3.63, 3.8) is 0 Å². The molecule has 0 bridgehead atoms. The van der Waals surface area contributed by atoms with Crippen LogP contribution in [0.25, 0.3) is 22.3 Å². The van der Waals surface area contributed by atoms with Crippen molar-refractivity contribution >= 4 is 5.92 Å². The summed E-state index contributed by atoms with van der Waals surface area (Å²) in [6.07, 6.45) is 8.47. The van der Waals surface area contributed by atoms with Gasteiger partial charge in [0.05, 0.1) is 0 Å². The Morgan fingerprint density at radius 1 is 0.514 bits per heavy atom. The number of hydrogen-bond acceptors (Lipinski definition) is 0. The van der Waals surface area contributed by atoms with E-state index in [0.29, 0.717) is 7.25 Å². The molecule has 0 amide bonds. The van der Waals surface area contributed by atoms with Crippen molar-refractivity contribution in [3.8, 4) is 22.3 Å². The van der Waals surface area contributed by atoms with Crippen LogP contribution in [0.3, 0.4) is 0 Å². The van der Waals surface area contributed by atoms with Crippen molar-refractivity contribution in [2.24, 2.45) is 0 Å². The normalized spacial score (nSPS) is 14.6. The van der Waals surface area contributed by atoms with Gasteiger partial charge in [0.25, 0.3) is 0 Å². The maximum absolute atomic E-state index is 2.79. The fourth-order valence-electron chi connectivity index (χ4n) is 7.16. The van der Waals surface area contributed by atoms with E-state index in [2.05, 4.69) is 111 Å². The molecular weight excluding hydrogens is 540 g/mol. The Hall–Kier alpha value is -2.02. The first-order valence-electron chi connectivity index (χ1n) is 14.5. The van der Waals surface area contributed by atoms with Crippen LogP contribution < -0.4 is 0 Å². The average molecular weight is 579 g/mol. The standard InChI is InChI=1S/2C13H9.C9H21Si.Zr/c2*1-3-7-12-10(5-1)9-11-6-2-4-8-13(11)12;1-3-4-5-6-7-8-9-10-2;/h2*1-9H;10H,3-9H2,1-2H3;. The molecule has 1 unspecified atom stereocenters. The zero-order valence-electron chi connectivity index (χ0n) is 22.4. The second-order valence-corrected chi connectivity index (χ2v) is 30.1. The summed E-state index contributed by atoms with van der Waals surface area (Å²) in [6, 6.07) is 39.2. The molecule has 0 nitrogen and oxygen atoms in total. The monoisotopic (exact) mass is 577 g/mol. The van der Waals surface area contributed by atoms with Crippen molar-refractivity contribution in [1.82, 2.24) is 0 Å². The van der Waals surface area contributed by atoms with E-state index in [4.69, 9.17) is 0 Å². The predicted octanol–water partition coefficient (Wildman–Crippen LogP) is 9.86. The van der Waals surface area contributed by atoms with Crippen molar-refractivity contribution < 1.29 is 20.9 Å². The van der Waals surface area contributed by atoms with Crippen molar-refractivity contribution in [1.29, 1.82) is 0 Å². The van der Waals surface area contributed by atoms with E-state index in [9.17, 15) is 0 Å². The van der Waals surface area contributed by atoms with Gasteiger partial charge in [-0.2, -0.15) is 0 Å². The fourth-order valence-corrected chi connectivity index (χ4v) is 33.0. The van der Waals surface area contributed by atoms with Crippen LogP contribution >= 0.6 is 0 Å². The van der Waals surface area contributed by atoms with E-state index < -0.39 is 26.8 Å². The number of rotatable bonds is 10. The molecule has 2 aliphatic rings. The first-order chi connectivity index (χ1) is 18.3. The second kappa shape index (κ2) is 11.4. The molecule has 0 aromatic heterocycles. The quantitative estimate of drug-likeness (QED) is 0.130. The summed E-state index contributed by atoms with van der Waals surface area (Å²) in [7, 11) is 0. The van der Waals surface area contributed by atoms with Crippen LogP contribution in [0.15, 0.2) is 97.1 Å². The third kappa shape index (κ3) is 4.70. The molecule has 0 spiro atoms. The van der Waals surface area contributed by atoms with Crippen molar-refractivity contribution in [3.05, 3.63) is 119 Å². The summed E-state index contributed by atoms with van der Waals surface area (Å²) in [4.78, 5) is 0. The Morgan fingerprint density at radius 2 is 0.865 bits per heavy atom. The van der Waals surface area contributed by atoms with Gasteiger partial charge in [0, 0.05) is 0 Å². The summed E-state index contributed by atoms with van der Waals surface area (Å²) in [5, 5.41) is 0. The van der Waals surface area contributed by atoms with Crippen LogP contribution in [0, 0.1) is 0 Å². The van der Waals surface area contributed by atoms with E-state index in [1.807, 2.05) is 0 Å². The van der Waals surface area contributed by atoms with Gasteiger partial charge in [0.2, 0.25) is 0 Å². The molecular formula is C35H39SiZr. The van der Waals surface area contributed by atoms with Crippen LogP contribution in [0.2, 0.25) is 12.6 Å². The fraction of sp³-hybridized carbons (Fsp3) is 0.314. The van der Waals surface area contributed by atoms with Crippen molar-refractivity contribution in [2.75, 3.05) is 0 Å². The molecule has 37 heavy (non-hydrogen) atoms. The molecule has 6 rings (SSSR count). The van der Waals surface area contributed by atoms with Crippen LogP contribution in [-0.4, -0.2) is 5.92 Å². The molecule has 0 saturated carbocycles. The molecule has 2 aliphatic carbocycles. The molecule has 4 aromatic rings. The maximum atomic E-state index is 2.79. The third-order valence-electron chi connectivity index (χ3n) is 8.89. The van der Waals surface area contributed by atoms with E-state index >= 15 is 0 Å². The van der Waals surface area contributed by atoms with Crippen LogP contribution in [0.4, 0.5) is 0 Å². The summed E-state index contributed by atoms with van der Waals surface area (Å²) in [5.74, 6) is -0.921. The Labute approximate surface area is 232 Å². The van der Waals surface area contributed by atoms with Gasteiger partial charge < -0.3 is 0 Å². The molecule has 4 aromatic carbocycles. The molecule has 0 aliphatic heterocycles. The van der Waals surface area contributed by atoms with Crippen LogP contribution in [0.5, 0.6) is 0 Å². The Morgan fingerprint density at radius 3 is 1.27 bits per heavy atom. The molecule has 187 valence electrons. The predicted molar refractivity (Wildman–Crippen MR) is 159 cm³/mol. The average Bonchev–Trinajstić information content (AvgIpc) is 3.45. The summed E-state index contributed by atoms with van der Waals surface area (Å²) in [6.45, 7) is 5.11. The molecule has 0 heterocycles.